The van der Waals surface area contributed by atoms with Crippen LogP contribution in [0.5, 0.6) is 0 Å². The number of anilines is 2. The van der Waals surface area contributed by atoms with Gasteiger partial charge in [0.05, 0.1) is 22.9 Å². The van der Waals surface area contributed by atoms with Gasteiger partial charge in [-0.3, -0.25) is 9.59 Å². The van der Waals surface area contributed by atoms with Gasteiger partial charge in [-0.05, 0) is 48.7 Å². The fourth-order valence-corrected chi connectivity index (χ4v) is 5.80. The number of carbonyl (C=O) groups excluding carboxylic acids is 2. The number of fused-ring (bicyclic) bond motifs is 1. The summed E-state index contributed by atoms with van der Waals surface area (Å²) in [5, 5.41) is 5.80. The second kappa shape index (κ2) is 9.92. The number of rotatable bonds is 7. The average Bonchev–Trinajstić information content (AvgIpc) is 2.81. The molecule has 4 rings (SSSR count). The van der Waals surface area contributed by atoms with E-state index in [2.05, 4.69) is 10.6 Å². The van der Waals surface area contributed by atoms with E-state index in [0.29, 0.717) is 23.5 Å². The fourth-order valence-electron chi connectivity index (χ4n) is 4.15. The summed E-state index contributed by atoms with van der Waals surface area (Å²) >= 11 is 0. The van der Waals surface area contributed by atoms with Crippen LogP contribution in [0.4, 0.5) is 11.4 Å². The van der Waals surface area contributed by atoms with E-state index < -0.39 is 21.8 Å². The van der Waals surface area contributed by atoms with E-state index in [1.807, 2.05) is 62.4 Å². The van der Waals surface area contributed by atoms with Crippen LogP contribution in [0.2, 0.25) is 0 Å². The molecule has 0 spiro atoms. The number of hydrogen-bond acceptors (Lipinski definition) is 5. The maximum Gasteiger partial charge on any atom is 0.253 e. The van der Waals surface area contributed by atoms with Crippen LogP contribution in [-0.2, 0) is 26.9 Å². The van der Waals surface area contributed by atoms with Crippen molar-refractivity contribution in [3.63, 3.8) is 0 Å². The lowest BCUT2D eigenvalue weighted by molar-refractivity contribution is -0.116. The van der Waals surface area contributed by atoms with Crippen LogP contribution in [0.25, 0.3) is 0 Å². The molecule has 2 amide bonds. The first-order valence-corrected chi connectivity index (χ1v) is 13.2. The molecule has 1 unspecified atom stereocenters. The number of nitrogens with one attached hydrogen (secondary N) is 2. The monoisotopic (exact) mass is 491 g/mol. The zero-order valence-electron chi connectivity index (χ0n) is 20.0. The highest BCUT2D eigenvalue weighted by molar-refractivity contribution is 7.90. The van der Waals surface area contributed by atoms with Crippen molar-refractivity contribution < 1.29 is 18.0 Å². The maximum atomic E-state index is 12.9. The van der Waals surface area contributed by atoms with Crippen molar-refractivity contribution in [2.45, 2.75) is 32.2 Å². The topological polar surface area (TPSA) is 95.6 Å². The molecule has 3 aromatic rings. The zero-order chi connectivity index (χ0) is 25.2. The number of amides is 2. The Morgan fingerprint density at radius 1 is 0.971 bits per heavy atom. The summed E-state index contributed by atoms with van der Waals surface area (Å²) in [6, 6.07) is 19.5. The number of carbonyl (C=O) groups is 2. The fraction of sp³-hybridized carbons (Fsp3) is 0.259. The minimum atomic E-state index is -3.56. The molecule has 0 aliphatic carbocycles. The smallest absolute Gasteiger partial charge is 0.253 e. The van der Waals surface area contributed by atoms with Crippen molar-refractivity contribution in [3.05, 3.63) is 94.5 Å². The quantitative estimate of drug-likeness (QED) is 0.522. The lowest BCUT2D eigenvalue weighted by Gasteiger charge is -2.27. The molecule has 0 aromatic heterocycles. The molecule has 182 valence electrons. The first-order valence-electron chi connectivity index (χ1n) is 11.4. The molecule has 1 heterocycles. The highest BCUT2D eigenvalue weighted by Crippen LogP contribution is 2.29. The van der Waals surface area contributed by atoms with Crippen LogP contribution in [0.15, 0.2) is 66.7 Å². The van der Waals surface area contributed by atoms with E-state index in [1.165, 1.54) is 0 Å². The Morgan fingerprint density at radius 3 is 2.46 bits per heavy atom. The number of hydrogen-bond donors (Lipinski definition) is 2. The van der Waals surface area contributed by atoms with Gasteiger partial charge < -0.3 is 15.5 Å². The third kappa shape index (κ3) is 5.89. The van der Waals surface area contributed by atoms with Crippen molar-refractivity contribution >= 4 is 33.0 Å². The Morgan fingerprint density at radius 2 is 1.71 bits per heavy atom. The minimum Gasteiger partial charge on any atom is -0.371 e. The Balaban J connectivity index is 1.45. The number of benzene rings is 3. The SMILES string of the molecule is Cc1ccc(C)c(CS(=O)(=O)CC2Nc3ccc(C(=O)N(C)Cc4ccccc4)cc3NC2=O)c1. The summed E-state index contributed by atoms with van der Waals surface area (Å²) < 4.78 is 25.8. The molecule has 2 N–H and O–H groups in total. The van der Waals surface area contributed by atoms with Crippen LogP contribution in [0.1, 0.15) is 32.6 Å². The van der Waals surface area contributed by atoms with Gasteiger partial charge >= 0.3 is 0 Å². The molecule has 3 aromatic carbocycles. The minimum absolute atomic E-state index is 0.125. The molecule has 0 radical (unpaired) electrons. The first kappa shape index (κ1) is 24.5. The molecule has 1 aliphatic rings. The molecule has 0 saturated carbocycles. The van der Waals surface area contributed by atoms with E-state index in [1.54, 1.807) is 30.1 Å². The predicted molar refractivity (Wildman–Crippen MR) is 138 cm³/mol. The largest absolute Gasteiger partial charge is 0.371 e. The second-order valence-corrected chi connectivity index (χ2v) is 11.2. The van der Waals surface area contributed by atoms with Crippen molar-refractivity contribution in [1.82, 2.24) is 4.90 Å². The molecule has 1 atom stereocenters. The van der Waals surface area contributed by atoms with E-state index in [-0.39, 0.29) is 17.4 Å². The lowest BCUT2D eigenvalue weighted by atomic mass is 10.1. The molecule has 8 heteroatoms. The van der Waals surface area contributed by atoms with Crippen LogP contribution in [0, 0.1) is 13.8 Å². The lowest BCUT2D eigenvalue weighted by Crippen LogP contribution is -2.43. The first-order chi connectivity index (χ1) is 16.6. The molecule has 7 nitrogen and oxygen atoms in total. The molecular formula is C27H29N3O4S. The van der Waals surface area contributed by atoms with Gasteiger partial charge in [0.25, 0.3) is 5.91 Å². The van der Waals surface area contributed by atoms with Crippen molar-refractivity contribution in [1.29, 1.82) is 0 Å². The van der Waals surface area contributed by atoms with Gasteiger partial charge in [0, 0.05) is 19.2 Å². The second-order valence-electron chi connectivity index (χ2n) is 9.08. The summed E-state index contributed by atoms with van der Waals surface area (Å²) in [4.78, 5) is 27.2. The number of sulfone groups is 1. The van der Waals surface area contributed by atoms with E-state index in [4.69, 9.17) is 0 Å². The number of nitrogens with zero attached hydrogens (tertiary/aromatic N) is 1. The van der Waals surface area contributed by atoms with Crippen LogP contribution < -0.4 is 10.6 Å². The van der Waals surface area contributed by atoms with Gasteiger partial charge in [-0.1, -0.05) is 54.1 Å². The van der Waals surface area contributed by atoms with E-state index >= 15 is 0 Å². The molecule has 35 heavy (non-hydrogen) atoms. The predicted octanol–water partition coefficient (Wildman–Crippen LogP) is 3.92. The molecule has 0 bridgehead atoms. The Kier molecular flexibility index (Phi) is 6.93. The normalized spacial score (nSPS) is 15.1. The van der Waals surface area contributed by atoms with Gasteiger partial charge in [-0.25, -0.2) is 8.42 Å². The Hall–Kier alpha value is -3.65. The third-order valence-corrected chi connectivity index (χ3v) is 7.67. The summed E-state index contributed by atoms with van der Waals surface area (Å²) in [5.74, 6) is -1.07. The molecular weight excluding hydrogens is 462 g/mol. The Labute approximate surface area is 206 Å². The summed E-state index contributed by atoms with van der Waals surface area (Å²) in [5.41, 5.74) is 5.12. The summed E-state index contributed by atoms with van der Waals surface area (Å²) in [6.07, 6.45) is 0. The highest BCUT2D eigenvalue weighted by atomic mass is 32.2. The van der Waals surface area contributed by atoms with Crippen molar-refractivity contribution in [2.75, 3.05) is 23.4 Å². The van der Waals surface area contributed by atoms with Crippen LogP contribution in [0.3, 0.4) is 0 Å². The molecule has 1 aliphatic heterocycles. The van der Waals surface area contributed by atoms with Gasteiger partial charge in [0.2, 0.25) is 5.91 Å². The zero-order valence-corrected chi connectivity index (χ0v) is 20.9. The molecule has 0 fully saturated rings. The van der Waals surface area contributed by atoms with E-state index in [9.17, 15) is 18.0 Å². The summed E-state index contributed by atoms with van der Waals surface area (Å²) in [7, 11) is -1.83. The summed E-state index contributed by atoms with van der Waals surface area (Å²) in [6.45, 7) is 4.26. The van der Waals surface area contributed by atoms with Crippen LogP contribution >= 0.6 is 0 Å². The van der Waals surface area contributed by atoms with Crippen LogP contribution in [-0.4, -0.2) is 44.0 Å². The number of aryl methyl sites for hydroxylation is 2. The molecule has 0 saturated heterocycles. The van der Waals surface area contributed by atoms with Crippen molar-refractivity contribution in [2.24, 2.45) is 0 Å². The van der Waals surface area contributed by atoms with E-state index in [0.717, 1.165) is 22.3 Å². The standard InChI is InChI=1S/C27H29N3O4S/c1-18-9-10-19(2)22(13-18)16-35(33,34)17-25-26(31)29-24-14-21(11-12-23(24)28-25)27(32)30(3)15-20-7-5-4-6-8-20/h4-14,25,28H,15-17H2,1-3H3,(H,29,31). The maximum absolute atomic E-state index is 12.9. The van der Waals surface area contributed by atoms with Gasteiger partial charge in [-0.15, -0.1) is 0 Å². The van der Waals surface area contributed by atoms with Crippen molar-refractivity contribution in [3.8, 4) is 0 Å². The third-order valence-electron chi connectivity index (χ3n) is 6.08. The Bertz CT molecular complexity index is 1370. The van der Waals surface area contributed by atoms with Gasteiger partial charge in [0.1, 0.15) is 6.04 Å². The highest BCUT2D eigenvalue weighted by Gasteiger charge is 2.31. The average molecular weight is 492 g/mol. The van der Waals surface area contributed by atoms with Gasteiger partial charge in [0.15, 0.2) is 9.84 Å². The van der Waals surface area contributed by atoms with Gasteiger partial charge in [-0.2, -0.15) is 0 Å².